The fraction of sp³-hybridized carbons (Fsp3) is 0.167. The number of nitrogens with one attached hydrogen (secondary N) is 2. The number of hydrogen-bond acceptors (Lipinski definition) is 4. The van der Waals surface area contributed by atoms with Crippen LogP contribution in [-0.2, 0) is 15.6 Å². The van der Waals surface area contributed by atoms with Crippen molar-refractivity contribution >= 4 is 46.4 Å². The molecule has 0 spiro atoms. The molecule has 0 saturated heterocycles. The molecule has 2 N–H and O–H groups in total. The quantitative estimate of drug-likeness (QED) is 0.247. The molecule has 7 nitrogen and oxygen atoms in total. The molecule has 0 fully saturated rings. The molecule has 0 aliphatic heterocycles. The first-order valence-corrected chi connectivity index (χ1v) is 12.2. The topological polar surface area (TPSA) is 98.1 Å². The first kappa shape index (κ1) is 23.1. The molecule has 33 heavy (non-hydrogen) atoms. The van der Waals surface area contributed by atoms with Gasteiger partial charge in [-0.15, -0.1) is 0 Å². The van der Waals surface area contributed by atoms with Gasteiger partial charge in [0.15, 0.2) is 6.20 Å². The molecule has 1 amide bonds. The summed E-state index contributed by atoms with van der Waals surface area (Å²) in [6.45, 7) is 3.82. The number of hydrogen-bond donors (Lipinski definition) is 2. The predicted molar refractivity (Wildman–Crippen MR) is 130 cm³/mol. The highest BCUT2D eigenvalue weighted by molar-refractivity contribution is 7.75. The van der Waals surface area contributed by atoms with Gasteiger partial charge in [-0.25, -0.2) is 0 Å². The lowest BCUT2D eigenvalue weighted by Gasteiger charge is -2.19. The van der Waals surface area contributed by atoms with Gasteiger partial charge in [-0.05, 0) is 50.2 Å². The Hall–Kier alpha value is -3.12. The summed E-state index contributed by atoms with van der Waals surface area (Å²) in [5.41, 5.74) is 2.92. The lowest BCUT2D eigenvalue weighted by atomic mass is 10.2. The van der Waals surface area contributed by atoms with Gasteiger partial charge in [0.25, 0.3) is 13.3 Å². The Morgan fingerprint density at radius 2 is 1.88 bits per heavy atom. The third-order valence-electron chi connectivity index (χ3n) is 5.39. The summed E-state index contributed by atoms with van der Waals surface area (Å²) >= 11 is 6.25. The summed E-state index contributed by atoms with van der Waals surface area (Å²) in [4.78, 5) is 16.3. The second-order valence-corrected chi connectivity index (χ2v) is 10.7. The normalized spacial score (nSPS) is 13.1. The van der Waals surface area contributed by atoms with E-state index in [9.17, 15) is 14.6 Å². The summed E-state index contributed by atoms with van der Waals surface area (Å²) in [6, 6.07) is 15.6. The van der Waals surface area contributed by atoms with Crippen molar-refractivity contribution in [3.05, 3.63) is 93.5 Å². The van der Waals surface area contributed by atoms with Crippen molar-refractivity contribution in [2.24, 2.45) is 0 Å². The van der Waals surface area contributed by atoms with E-state index in [1.54, 1.807) is 48.5 Å². The van der Waals surface area contributed by atoms with Crippen LogP contribution in [0.5, 0.6) is 0 Å². The van der Waals surface area contributed by atoms with Crippen LogP contribution in [-0.4, -0.2) is 18.0 Å². The minimum Gasteiger partial charge on any atom is -0.618 e. The minimum atomic E-state index is -3.69. The zero-order valence-corrected chi connectivity index (χ0v) is 20.0. The number of fused-ring (bicyclic) bond motifs is 1. The van der Waals surface area contributed by atoms with Gasteiger partial charge >= 0.3 is 0 Å². The Morgan fingerprint density at radius 3 is 2.55 bits per heavy atom. The van der Waals surface area contributed by atoms with Gasteiger partial charge < -0.3 is 20.0 Å². The van der Waals surface area contributed by atoms with Crippen molar-refractivity contribution in [1.29, 1.82) is 0 Å². The van der Waals surface area contributed by atoms with Crippen LogP contribution in [0.15, 0.2) is 60.8 Å². The lowest BCUT2D eigenvalue weighted by Crippen LogP contribution is -2.37. The second-order valence-electron chi connectivity index (χ2n) is 7.82. The van der Waals surface area contributed by atoms with Crippen molar-refractivity contribution in [3.8, 4) is 0 Å². The van der Waals surface area contributed by atoms with Crippen LogP contribution in [0.4, 0.5) is 0 Å². The maximum Gasteiger partial charge on any atom is 0.269 e. The average Bonchev–Trinajstić information content (AvgIpc) is 3.16. The van der Waals surface area contributed by atoms with Gasteiger partial charge in [0.05, 0.1) is 5.30 Å². The van der Waals surface area contributed by atoms with E-state index >= 15 is 0 Å². The Morgan fingerprint density at radius 1 is 1.15 bits per heavy atom. The molecule has 2 aromatic carbocycles. The van der Waals surface area contributed by atoms with E-state index in [4.69, 9.17) is 16.1 Å². The lowest BCUT2D eigenvalue weighted by molar-refractivity contribution is -0.614. The average molecular weight is 484 g/mol. The molecule has 1 unspecified atom stereocenters. The molecule has 2 heterocycles. The Bertz CT molecular complexity index is 1400. The summed E-state index contributed by atoms with van der Waals surface area (Å²) in [5, 5.41) is 16.4. The molecule has 4 rings (SSSR count). The predicted octanol–water partition coefficient (Wildman–Crippen LogP) is 3.88. The van der Waals surface area contributed by atoms with Crippen LogP contribution < -0.4 is 20.7 Å². The molecule has 0 radical (unpaired) electrons. The Balaban J connectivity index is 1.86. The number of benzene rings is 2. The number of nitrogens with zero attached hydrogens (tertiary/aromatic N) is 1. The Labute approximate surface area is 196 Å². The standard InChI is InChI=1S/C24H23ClN3O4P/c1-15-10-16(2)12-19(11-15)33(31,32-3)23-20-13-17(25)7-8-21(20)27-22(23)24(29)26-14-18-6-4-5-9-28(18)30/h4-13,27H,14H2,1-3H3,(H,26,29). The molecule has 0 aliphatic rings. The molecule has 0 bridgehead atoms. The van der Waals surface area contributed by atoms with E-state index in [0.29, 0.717) is 31.7 Å². The second kappa shape index (κ2) is 9.02. The van der Waals surface area contributed by atoms with Crippen LogP contribution in [0.2, 0.25) is 5.02 Å². The fourth-order valence-corrected chi connectivity index (χ4v) is 6.45. The van der Waals surface area contributed by atoms with E-state index in [1.165, 1.54) is 13.3 Å². The van der Waals surface area contributed by atoms with E-state index < -0.39 is 13.3 Å². The van der Waals surface area contributed by atoms with Gasteiger partial charge in [0.1, 0.15) is 12.2 Å². The fourth-order valence-electron chi connectivity index (χ4n) is 3.93. The number of halogens is 1. The Kier molecular flexibility index (Phi) is 6.30. The maximum absolute atomic E-state index is 14.4. The van der Waals surface area contributed by atoms with Crippen molar-refractivity contribution in [2.45, 2.75) is 20.4 Å². The zero-order chi connectivity index (χ0) is 23.8. The number of pyridine rings is 1. The molecule has 0 aliphatic carbocycles. The largest absolute Gasteiger partial charge is 0.618 e. The summed E-state index contributed by atoms with van der Waals surface area (Å²) in [5.74, 6) is -0.511. The molecular weight excluding hydrogens is 461 g/mol. The maximum atomic E-state index is 14.4. The summed E-state index contributed by atoms with van der Waals surface area (Å²) < 4.78 is 20.7. The molecule has 2 aromatic heterocycles. The monoisotopic (exact) mass is 483 g/mol. The zero-order valence-electron chi connectivity index (χ0n) is 18.4. The van der Waals surface area contributed by atoms with Gasteiger partial charge in [-0.1, -0.05) is 28.8 Å². The van der Waals surface area contributed by atoms with Crippen molar-refractivity contribution in [1.82, 2.24) is 10.3 Å². The van der Waals surface area contributed by atoms with Crippen LogP contribution in [0.1, 0.15) is 27.3 Å². The van der Waals surface area contributed by atoms with E-state index in [1.807, 2.05) is 19.9 Å². The van der Waals surface area contributed by atoms with E-state index in [2.05, 4.69) is 10.3 Å². The van der Waals surface area contributed by atoms with Crippen LogP contribution in [0.3, 0.4) is 0 Å². The number of aromatic nitrogens is 2. The molecular formula is C24H23ClN3O4P. The SMILES string of the molecule is COP(=O)(c1cc(C)cc(C)c1)c1c(C(=O)NCc2cccc[n+]2[O-])[nH]c2ccc(Cl)cc12. The van der Waals surface area contributed by atoms with Crippen LogP contribution in [0, 0.1) is 19.1 Å². The third-order valence-corrected chi connectivity index (χ3v) is 8.13. The first-order chi connectivity index (χ1) is 15.7. The first-order valence-electron chi connectivity index (χ1n) is 10.2. The molecule has 9 heteroatoms. The molecule has 0 saturated carbocycles. The van der Waals surface area contributed by atoms with Gasteiger partial charge in [0.2, 0.25) is 5.69 Å². The molecule has 1 atom stereocenters. The smallest absolute Gasteiger partial charge is 0.269 e. The number of aromatic amines is 1. The highest BCUT2D eigenvalue weighted by atomic mass is 35.5. The van der Waals surface area contributed by atoms with Crippen molar-refractivity contribution in [2.75, 3.05) is 7.11 Å². The number of amides is 1. The van der Waals surface area contributed by atoms with Crippen molar-refractivity contribution < 1.29 is 18.6 Å². The number of aryl methyl sites for hydroxylation is 2. The van der Waals surface area contributed by atoms with E-state index in [-0.39, 0.29) is 17.5 Å². The number of rotatable bonds is 6. The number of carbonyl (C=O) groups is 1. The van der Waals surface area contributed by atoms with Gasteiger partial charge in [-0.3, -0.25) is 9.36 Å². The van der Waals surface area contributed by atoms with Gasteiger partial charge in [0, 0.05) is 40.5 Å². The highest BCUT2D eigenvalue weighted by Crippen LogP contribution is 2.47. The summed E-state index contributed by atoms with van der Waals surface area (Å²) in [6.07, 6.45) is 1.36. The number of H-pyrrole nitrogens is 1. The molecule has 170 valence electrons. The minimum absolute atomic E-state index is 0.000425. The van der Waals surface area contributed by atoms with Crippen molar-refractivity contribution in [3.63, 3.8) is 0 Å². The van der Waals surface area contributed by atoms with E-state index in [0.717, 1.165) is 11.1 Å². The third kappa shape index (κ3) is 4.40. The number of carbonyl (C=O) groups excluding carboxylic acids is 1. The van der Waals surface area contributed by atoms with Gasteiger partial charge in [-0.2, -0.15) is 4.73 Å². The highest BCUT2D eigenvalue weighted by Gasteiger charge is 2.36. The summed E-state index contributed by atoms with van der Waals surface area (Å²) in [7, 11) is -2.32. The van der Waals surface area contributed by atoms with Crippen LogP contribution >= 0.6 is 19.0 Å². The van der Waals surface area contributed by atoms with Crippen LogP contribution in [0.25, 0.3) is 10.9 Å². The molecule has 4 aromatic rings.